The zero-order valence-electron chi connectivity index (χ0n) is 10.7. The molecule has 0 aliphatic carbocycles. The third-order valence-corrected chi connectivity index (χ3v) is 3.41. The molecule has 4 nitrogen and oxygen atoms in total. The van der Waals surface area contributed by atoms with Crippen LogP contribution in [0.1, 0.15) is 15.9 Å². The number of anilines is 1. The fourth-order valence-electron chi connectivity index (χ4n) is 1.68. The molecular formula is C15H11BrN2O2. The molecule has 0 unspecified atom stereocenters. The second-order valence-electron chi connectivity index (χ2n) is 3.96. The molecule has 2 rings (SSSR count). The number of benzene rings is 2. The summed E-state index contributed by atoms with van der Waals surface area (Å²) in [6.07, 6.45) is 0. The minimum atomic E-state index is -0.307. The van der Waals surface area contributed by atoms with E-state index in [4.69, 9.17) is 10.00 Å². The zero-order chi connectivity index (χ0) is 14.5. The van der Waals surface area contributed by atoms with Crippen LogP contribution >= 0.6 is 15.9 Å². The molecule has 0 atom stereocenters. The van der Waals surface area contributed by atoms with Gasteiger partial charge in [0.25, 0.3) is 5.91 Å². The Kier molecular flexibility index (Phi) is 4.38. The van der Waals surface area contributed by atoms with Gasteiger partial charge in [-0.25, -0.2) is 0 Å². The number of nitrogens with one attached hydrogen (secondary N) is 1. The highest BCUT2D eigenvalue weighted by molar-refractivity contribution is 9.10. The van der Waals surface area contributed by atoms with Gasteiger partial charge in [-0.3, -0.25) is 4.79 Å². The van der Waals surface area contributed by atoms with Crippen molar-refractivity contribution in [2.24, 2.45) is 0 Å². The maximum atomic E-state index is 12.3. The second kappa shape index (κ2) is 6.22. The summed E-state index contributed by atoms with van der Waals surface area (Å²) in [4.78, 5) is 12.3. The fraction of sp³-hybridized carbons (Fsp3) is 0.0667. The lowest BCUT2D eigenvalue weighted by atomic mass is 10.1. The van der Waals surface area contributed by atoms with Crippen molar-refractivity contribution in [2.75, 3.05) is 12.4 Å². The van der Waals surface area contributed by atoms with Crippen LogP contribution in [0.5, 0.6) is 5.75 Å². The molecule has 100 valence electrons. The van der Waals surface area contributed by atoms with Crippen LogP contribution in [0, 0.1) is 11.3 Å². The van der Waals surface area contributed by atoms with Crippen molar-refractivity contribution in [1.82, 2.24) is 0 Å². The molecule has 0 aliphatic rings. The summed E-state index contributed by atoms with van der Waals surface area (Å²) < 4.78 is 5.76. The Hall–Kier alpha value is -2.32. The second-order valence-corrected chi connectivity index (χ2v) is 4.81. The molecule has 0 heterocycles. The standard InChI is InChI=1S/C15H11BrN2O2/c1-20-11-6-7-13(16)12(8-11)15(19)18-14-5-3-2-4-10(14)9-17/h2-8H,1H3,(H,18,19). The van der Waals surface area contributed by atoms with Crippen molar-refractivity contribution in [1.29, 1.82) is 5.26 Å². The Labute approximate surface area is 125 Å². The van der Waals surface area contributed by atoms with Crippen LogP contribution in [-0.2, 0) is 0 Å². The third kappa shape index (κ3) is 2.98. The molecule has 0 saturated carbocycles. The number of ether oxygens (including phenoxy) is 1. The van der Waals surface area contributed by atoms with Crippen LogP contribution in [0.15, 0.2) is 46.9 Å². The van der Waals surface area contributed by atoms with E-state index in [9.17, 15) is 4.79 Å². The molecule has 2 aromatic carbocycles. The summed E-state index contributed by atoms with van der Waals surface area (Å²) in [6.45, 7) is 0. The average molecular weight is 331 g/mol. The van der Waals surface area contributed by atoms with E-state index in [2.05, 4.69) is 21.2 Å². The molecule has 0 radical (unpaired) electrons. The molecule has 0 bridgehead atoms. The highest BCUT2D eigenvalue weighted by atomic mass is 79.9. The number of para-hydroxylation sites is 1. The Bertz CT molecular complexity index is 693. The number of carbonyl (C=O) groups is 1. The van der Waals surface area contributed by atoms with E-state index in [1.807, 2.05) is 6.07 Å². The van der Waals surface area contributed by atoms with Crippen LogP contribution < -0.4 is 10.1 Å². The van der Waals surface area contributed by atoms with Gasteiger partial charge < -0.3 is 10.1 Å². The Morgan fingerprint density at radius 3 is 2.75 bits per heavy atom. The van der Waals surface area contributed by atoms with E-state index < -0.39 is 0 Å². The lowest BCUT2D eigenvalue weighted by molar-refractivity contribution is 0.102. The molecule has 1 amide bonds. The van der Waals surface area contributed by atoms with Gasteiger partial charge in [-0.2, -0.15) is 5.26 Å². The SMILES string of the molecule is COc1ccc(Br)c(C(=O)Nc2ccccc2C#N)c1. The van der Waals surface area contributed by atoms with E-state index in [1.54, 1.807) is 42.5 Å². The Morgan fingerprint density at radius 1 is 1.30 bits per heavy atom. The molecule has 0 saturated heterocycles. The van der Waals surface area contributed by atoms with Gasteiger partial charge in [-0.1, -0.05) is 12.1 Å². The van der Waals surface area contributed by atoms with Crippen LogP contribution in [0.3, 0.4) is 0 Å². The van der Waals surface area contributed by atoms with Crippen molar-refractivity contribution in [3.05, 3.63) is 58.1 Å². The maximum Gasteiger partial charge on any atom is 0.256 e. The van der Waals surface area contributed by atoms with Gasteiger partial charge in [0.05, 0.1) is 23.9 Å². The lowest BCUT2D eigenvalue weighted by Gasteiger charge is -2.09. The molecule has 0 fully saturated rings. The van der Waals surface area contributed by atoms with E-state index in [1.165, 1.54) is 7.11 Å². The van der Waals surface area contributed by atoms with E-state index in [0.29, 0.717) is 27.0 Å². The number of rotatable bonds is 3. The highest BCUT2D eigenvalue weighted by Gasteiger charge is 2.13. The van der Waals surface area contributed by atoms with Gasteiger partial charge in [0.2, 0.25) is 0 Å². The minimum absolute atomic E-state index is 0.307. The van der Waals surface area contributed by atoms with Crippen LogP contribution in [0.25, 0.3) is 0 Å². The first kappa shape index (κ1) is 14.1. The van der Waals surface area contributed by atoms with Gasteiger partial charge in [0.1, 0.15) is 11.8 Å². The summed E-state index contributed by atoms with van der Waals surface area (Å²) in [5.41, 5.74) is 1.34. The first-order chi connectivity index (χ1) is 9.65. The van der Waals surface area contributed by atoms with Gasteiger partial charge in [-0.05, 0) is 46.3 Å². The van der Waals surface area contributed by atoms with Crippen molar-refractivity contribution in [3.63, 3.8) is 0 Å². The predicted molar refractivity (Wildman–Crippen MR) is 79.8 cm³/mol. The number of hydrogen-bond acceptors (Lipinski definition) is 3. The Morgan fingerprint density at radius 2 is 2.05 bits per heavy atom. The van der Waals surface area contributed by atoms with Gasteiger partial charge in [0.15, 0.2) is 0 Å². The zero-order valence-corrected chi connectivity index (χ0v) is 12.3. The number of carbonyl (C=O) groups excluding carboxylic acids is 1. The summed E-state index contributed by atoms with van der Waals surface area (Å²) in [5.74, 6) is 0.283. The average Bonchev–Trinajstić information content (AvgIpc) is 2.48. The van der Waals surface area contributed by atoms with Crippen molar-refractivity contribution in [2.45, 2.75) is 0 Å². The van der Waals surface area contributed by atoms with Crippen molar-refractivity contribution in [3.8, 4) is 11.8 Å². The number of halogens is 1. The van der Waals surface area contributed by atoms with Crippen molar-refractivity contribution < 1.29 is 9.53 Å². The number of methoxy groups -OCH3 is 1. The van der Waals surface area contributed by atoms with Crippen molar-refractivity contribution >= 4 is 27.5 Å². The molecule has 2 aromatic rings. The van der Waals surface area contributed by atoms with E-state index >= 15 is 0 Å². The topological polar surface area (TPSA) is 62.1 Å². The number of hydrogen-bond donors (Lipinski definition) is 1. The molecule has 0 aliphatic heterocycles. The summed E-state index contributed by atoms with van der Waals surface area (Å²) in [7, 11) is 1.54. The minimum Gasteiger partial charge on any atom is -0.497 e. The molecule has 1 N–H and O–H groups in total. The first-order valence-corrected chi connectivity index (χ1v) is 6.59. The normalized spacial score (nSPS) is 9.65. The largest absolute Gasteiger partial charge is 0.497 e. The first-order valence-electron chi connectivity index (χ1n) is 5.79. The van der Waals surface area contributed by atoms with Crippen LogP contribution in [0.4, 0.5) is 5.69 Å². The third-order valence-electron chi connectivity index (χ3n) is 2.71. The number of nitriles is 1. The number of nitrogens with zero attached hydrogens (tertiary/aromatic N) is 1. The van der Waals surface area contributed by atoms with E-state index in [0.717, 1.165) is 0 Å². The molecule has 20 heavy (non-hydrogen) atoms. The maximum absolute atomic E-state index is 12.3. The fourth-order valence-corrected chi connectivity index (χ4v) is 2.11. The lowest BCUT2D eigenvalue weighted by Crippen LogP contribution is -2.13. The molecule has 0 spiro atoms. The van der Waals surface area contributed by atoms with Crippen LogP contribution in [0.2, 0.25) is 0 Å². The van der Waals surface area contributed by atoms with Gasteiger partial charge in [0, 0.05) is 4.47 Å². The Balaban J connectivity index is 2.31. The molecular weight excluding hydrogens is 320 g/mol. The van der Waals surface area contributed by atoms with Gasteiger partial charge in [-0.15, -0.1) is 0 Å². The number of amides is 1. The predicted octanol–water partition coefficient (Wildman–Crippen LogP) is 3.58. The van der Waals surface area contributed by atoms with Crippen LogP contribution in [-0.4, -0.2) is 13.0 Å². The molecule has 5 heteroatoms. The van der Waals surface area contributed by atoms with Gasteiger partial charge >= 0.3 is 0 Å². The summed E-state index contributed by atoms with van der Waals surface area (Å²) in [5, 5.41) is 11.7. The summed E-state index contributed by atoms with van der Waals surface area (Å²) >= 11 is 3.33. The van der Waals surface area contributed by atoms with E-state index in [-0.39, 0.29) is 5.91 Å². The highest BCUT2D eigenvalue weighted by Crippen LogP contribution is 2.24. The smallest absolute Gasteiger partial charge is 0.256 e. The summed E-state index contributed by atoms with van der Waals surface area (Å²) in [6, 6.07) is 14.0. The monoisotopic (exact) mass is 330 g/mol. The quantitative estimate of drug-likeness (QED) is 0.935. The molecule has 0 aromatic heterocycles.